The van der Waals surface area contributed by atoms with Crippen LogP contribution in [0.2, 0.25) is 0 Å². The first kappa shape index (κ1) is 12.9. The molecule has 0 amide bonds. The molecule has 0 unspecified atom stereocenters. The van der Waals surface area contributed by atoms with Gasteiger partial charge in [-0.1, -0.05) is 32.3 Å². The van der Waals surface area contributed by atoms with Crippen LogP contribution in [0.15, 0.2) is 17.1 Å². The molecule has 78 valence electrons. The highest BCUT2D eigenvalue weighted by Crippen LogP contribution is 2.02. The van der Waals surface area contributed by atoms with Crippen LogP contribution in [0.1, 0.15) is 27.7 Å². The topological polar surface area (TPSA) is 32.6 Å². The highest BCUT2D eigenvalue weighted by atomic mass is 16.3. The fraction of sp³-hybridized carbons (Fsp3) is 0.583. The molecule has 0 fully saturated rings. The van der Waals surface area contributed by atoms with Gasteiger partial charge in [0.1, 0.15) is 5.60 Å². The van der Waals surface area contributed by atoms with Gasteiger partial charge in [-0.15, -0.1) is 0 Å². The molecule has 0 radical (unpaired) electrons. The Morgan fingerprint density at radius 3 is 2.57 bits per heavy atom. The van der Waals surface area contributed by atoms with Crippen molar-refractivity contribution in [3.05, 3.63) is 12.2 Å². The number of allylic oxidation sites excluding steroid dienone is 1. The molecular weight excluding hydrogens is 174 g/mol. The summed E-state index contributed by atoms with van der Waals surface area (Å²) in [7, 11) is 0. The summed E-state index contributed by atoms with van der Waals surface area (Å²) in [6.45, 7) is 11.7. The predicted octanol–water partition coefficient (Wildman–Crippen LogP) is 2.04. The summed E-state index contributed by atoms with van der Waals surface area (Å²) in [5.74, 6) is 5.89. The minimum absolute atomic E-state index is 0.412. The Bertz CT molecular complexity index is 271. The molecule has 0 spiro atoms. The monoisotopic (exact) mass is 193 g/mol. The molecular formula is C12H19NO. The fourth-order valence-corrected chi connectivity index (χ4v) is 0.613. The Balaban J connectivity index is 3.95. The van der Waals surface area contributed by atoms with Gasteiger partial charge in [0.2, 0.25) is 0 Å². The van der Waals surface area contributed by atoms with Crippen LogP contribution in [0.4, 0.5) is 0 Å². The quantitative estimate of drug-likeness (QED) is 0.540. The average molecular weight is 193 g/mol. The number of aliphatic hydroxyl groups is 1. The van der Waals surface area contributed by atoms with E-state index in [1.54, 1.807) is 20.1 Å². The van der Waals surface area contributed by atoms with Crippen molar-refractivity contribution in [3.8, 4) is 11.8 Å². The third-order valence-electron chi connectivity index (χ3n) is 1.56. The van der Waals surface area contributed by atoms with E-state index in [1.165, 1.54) is 0 Å². The van der Waals surface area contributed by atoms with Gasteiger partial charge in [-0.25, -0.2) is 0 Å². The molecule has 14 heavy (non-hydrogen) atoms. The van der Waals surface area contributed by atoms with E-state index in [2.05, 4.69) is 37.3 Å². The number of rotatable bonds is 3. The van der Waals surface area contributed by atoms with Gasteiger partial charge >= 0.3 is 0 Å². The maximum atomic E-state index is 9.27. The number of nitrogens with zero attached hydrogens (tertiary/aromatic N) is 1. The average Bonchev–Trinajstić information content (AvgIpc) is 2.01. The zero-order chi connectivity index (χ0) is 11.2. The van der Waals surface area contributed by atoms with Crippen molar-refractivity contribution in [2.24, 2.45) is 10.9 Å². The van der Waals surface area contributed by atoms with Crippen LogP contribution in [-0.2, 0) is 0 Å². The molecule has 0 aromatic heterocycles. The summed E-state index contributed by atoms with van der Waals surface area (Å²) >= 11 is 0. The van der Waals surface area contributed by atoms with Crippen molar-refractivity contribution in [3.63, 3.8) is 0 Å². The minimum Gasteiger partial charge on any atom is -0.378 e. The van der Waals surface area contributed by atoms with Gasteiger partial charge < -0.3 is 5.11 Å². The first-order valence-corrected chi connectivity index (χ1v) is 4.74. The molecule has 0 aromatic carbocycles. The van der Waals surface area contributed by atoms with E-state index in [4.69, 9.17) is 0 Å². The smallest absolute Gasteiger partial charge is 0.120 e. The SMILES string of the molecule is C=C(/C=N\CC#CC(C)(C)O)C(C)C. The minimum atomic E-state index is -0.926. The lowest BCUT2D eigenvalue weighted by Crippen LogP contribution is -2.14. The van der Waals surface area contributed by atoms with Crippen LogP contribution in [-0.4, -0.2) is 23.5 Å². The summed E-state index contributed by atoms with van der Waals surface area (Å²) in [5.41, 5.74) is 0.0694. The molecule has 0 aliphatic carbocycles. The summed E-state index contributed by atoms with van der Waals surface area (Å²) in [6, 6.07) is 0. The van der Waals surface area contributed by atoms with Crippen molar-refractivity contribution in [1.29, 1.82) is 0 Å². The third-order valence-corrected chi connectivity index (χ3v) is 1.56. The summed E-state index contributed by atoms with van der Waals surface area (Å²) in [6.07, 6.45) is 1.74. The predicted molar refractivity (Wildman–Crippen MR) is 61.4 cm³/mol. The summed E-state index contributed by atoms with van der Waals surface area (Å²) in [4.78, 5) is 4.09. The Labute approximate surface area is 86.8 Å². The Hall–Kier alpha value is -1.07. The maximum absolute atomic E-state index is 9.27. The first-order chi connectivity index (χ1) is 6.33. The standard InChI is InChI=1S/C12H19NO/c1-10(2)11(3)9-13-8-6-7-12(4,5)14/h9-10,14H,3,8H2,1-2,4-5H3/b13-9-. The van der Waals surface area contributed by atoms with Crippen molar-refractivity contribution in [2.45, 2.75) is 33.3 Å². The molecule has 0 aliphatic heterocycles. The Morgan fingerprint density at radius 2 is 2.14 bits per heavy atom. The molecule has 1 N–H and O–H groups in total. The second kappa shape index (κ2) is 5.62. The van der Waals surface area contributed by atoms with Crippen LogP contribution < -0.4 is 0 Å². The first-order valence-electron chi connectivity index (χ1n) is 4.74. The zero-order valence-electron chi connectivity index (χ0n) is 9.46. The van der Waals surface area contributed by atoms with Gasteiger partial charge in [-0.3, -0.25) is 4.99 Å². The zero-order valence-corrected chi connectivity index (χ0v) is 9.46. The normalized spacial score (nSPS) is 11.6. The van der Waals surface area contributed by atoms with Crippen molar-refractivity contribution in [2.75, 3.05) is 6.54 Å². The second-order valence-corrected chi connectivity index (χ2v) is 4.06. The molecule has 0 saturated heterocycles. The largest absolute Gasteiger partial charge is 0.378 e. The highest BCUT2D eigenvalue weighted by Gasteiger charge is 2.04. The van der Waals surface area contributed by atoms with Crippen LogP contribution >= 0.6 is 0 Å². The molecule has 2 heteroatoms. The molecule has 0 atom stereocenters. The Morgan fingerprint density at radius 1 is 1.57 bits per heavy atom. The highest BCUT2D eigenvalue weighted by molar-refractivity contribution is 5.78. The maximum Gasteiger partial charge on any atom is 0.120 e. The van der Waals surface area contributed by atoms with Gasteiger partial charge in [0, 0.05) is 6.21 Å². The van der Waals surface area contributed by atoms with E-state index < -0.39 is 5.60 Å². The van der Waals surface area contributed by atoms with Gasteiger partial charge in [0.05, 0.1) is 6.54 Å². The molecule has 0 bridgehead atoms. The second-order valence-electron chi connectivity index (χ2n) is 4.06. The lowest BCUT2D eigenvalue weighted by atomic mass is 10.1. The molecule has 2 nitrogen and oxygen atoms in total. The van der Waals surface area contributed by atoms with Gasteiger partial charge in [0.25, 0.3) is 0 Å². The van der Waals surface area contributed by atoms with E-state index in [0.717, 1.165) is 5.57 Å². The van der Waals surface area contributed by atoms with Crippen LogP contribution in [0, 0.1) is 17.8 Å². The number of hydrogen-bond acceptors (Lipinski definition) is 2. The van der Waals surface area contributed by atoms with Crippen molar-refractivity contribution >= 4 is 6.21 Å². The summed E-state index contributed by atoms with van der Waals surface area (Å²) in [5, 5.41) is 9.27. The van der Waals surface area contributed by atoms with E-state index in [0.29, 0.717) is 12.5 Å². The third kappa shape index (κ3) is 7.57. The Kier molecular flexibility index (Phi) is 5.19. The van der Waals surface area contributed by atoms with Crippen molar-refractivity contribution < 1.29 is 5.11 Å². The van der Waals surface area contributed by atoms with Crippen LogP contribution in [0.3, 0.4) is 0 Å². The van der Waals surface area contributed by atoms with Crippen molar-refractivity contribution in [1.82, 2.24) is 0 Å². The van der Waals surface area contributed by atoms with E-state index in [9.17, 15) is 5.11 Å². The molecule has 0 aliphatic rings. The van der Waals surface area contributed by atoms with Gasteiger partial charge in [0.15, 0.2) is 0 Å². The molecule has 0 aromatic rings. The lowest BCUT2D eigenvalue weighted by molar-refractivity contribution is 0.143. The fourth-order valence-electron chi connectivity index (χ4n) is 0.613. The number of hydrogen-bond donors (Lipinski definition) is 1. The molecule has 0 saturated carbocycles. The number of aliphatic imine (C=N–C) groups is 1. The van der Waals surface area contributed by atoms with Gasteiger partial charge in [-0.05, 0) is 25.3 Å². The van der Waals surface area contributed by atoms with E-state index in [-0.39, 0.29) is 0 Å². The molecule has 0 heterocycles. The summed E-state index contributed by atoms with van der Waals surface area (Å²) < 4.78 is 0. The van der Waals surface area contributed by atoms with E-state index in [1.807, 2.05) is 0 Å². The van der Waals surface area contributed by atoms with Crippen LogP contribution in [0.25, 0.3) is 0 Å². The lowest BCUT2D eigenvalue weighted by Gasteiger charge is -2.05. The molecule has 0 rings (SSSR count). The van der Waals surface area contributed by atoms with Gasteiger partial charge in [-0.2, -0.15) is 0 Å². The van der Waals surface area contributed by atoms with Crippen LogP contribution in [0.5, 0.6) is 0 Å². The van der Waals surface area contributed by atoms with E-state index >= 15 is 0 Å².